The minimum absolute atomic E-state index is 0.372. The second kappa shape index (κ2) is 6.82. The second-order valence-electron chi connectivity index (χ2n) is 4.93. The Bertz CT molecular complexity index is 764. The molecule has 0 fully saturated rings. The third-order valence-electron chi connectivity index (χ3n) is 3.22. The third-order valence-corrected chi connectivity index (χ3v) is 4.95. The van der Waals surface area contributed by atoms with Gasteiger partial charge in [0.05, 0.1) is 10.4 Å². The van der Waals surface area contributed by atoms with E-state index in [1.807, 2.05) is 17.6 Å². The fourth-order valence-corrected chi connectivity index (χ4v) is 3.72. The van der Waals surface area contributed by atoms with E-state index in [2.05, 4.69) is 15.7 Å². The van der Waals surface area contributed by atoms with Gasteiger partial charge in [-0.3, -0.25) is 0 Å². The van der Waals surface area contributed by atoms with E-state index in [-0.39, 0.29) is 0 Å². The Kier molecular flexibility index (Phi) is 4.79. The van der Waals surface area contributed by atoms with Crippen LogP contribution < -0.4 is 5.32 Å². The Morgan fingerprint density at radius 2 is 2.00 bits per heavy atom. The number of benzene rings is 1. The van der Waals surface area contributed by atoms with Gasteiger partial charge in [0.2, 0.25) is 0 Å². The number of nitrogens with one attached hydrogen (secondary N) is 1. The summed E-state index contributed by atoms with van der Waals surface area (Å²) < 4.78 is 38.0. The summed E-state index contributed by atoms with van der Waals surface area (Å²) in [7, 11) is 0. The molecular weight excluding hydrogens is 341 g/mol. The van der Waals surface area contributed by atoms with Gasteiger partial charge >= 0.3 is 6.18 Å². The summed E-state index contributed by atoms with van der Waals surface area (Å²) in [5.41, 5.74) is 1.14. The zero-order valence-electron chi connectivity index (χ0n) is 11.9. The van der Waals surface area contributed by atoms with Gasteiger partial charge in [0.1, 0.15) is 5.01 Å². The number of hydrogen-bond donors (Lipinski definition) is 1. The van der Waals surface area contributed by atoms with E-state index in [4.69, 9.17) is 0 Å². The first-order valence-electron chi connectivity index (χ1n) is 6.86. The standard InChI is InChI=1S/C16H13F3N2S2/c17-16(18,19)13-3-1-2-11(6-13)7-20-9-15-21-8-14(23-15)12-4-5-22-10-12/h1-6,8,10,20H,7,9H2. The highest BCUT2D eigenvalue weighted by Crippen LogP contribution is 2.30. The Morgan fingerprint density at radius 3 is 2.74 bits per heavy atom. The van der Waals surface area contributed by atoms with Crippen LogP contribution in [0.1, 0.15) is 16.1 Å². The van der Waals surface area contributed by atoms with Gasteiger partial charge in [-0.2, -0.15) is 24.5 Å². The molecular formula is C16H13F3N2S2. The first kappa shape index (κ1) is 16.2. The van der Waals surface area contributed by atoms with Crippen molar-refractivity contribution in [1.29, 1.82) is 0 Å². The topological polar surface area (TPSA) is 24.9 Å². The first-order chi connectivity index (χ1) is 11.0. The summed E-state index contributed by atoms with van der Waals surface area (Å²) in [6.07, 6.45) is -2.48. The van der Waals surface area contributed by atoms with E-state index in [0.29, 0.717) is 18.7 Å². The second-order valence-corrected chi connectivity index (χ2v) is 6.83. The smallest absolute Gasteiger partial charge is 0.306 e. The monoisotopic (exact) mass is 354 g/mol. The van der Waals surface area contributed by atoms with Crippen molar-refractivity contribution in [2.75, 3.05) is 0 Å². The van der Waals surface area contributed by atoms with Gasteiger partial charge in [-0.15, -0.1) is 11.3 Å². The molecule has 2 heterocycles. The van der Waals surface area contributed by atoms with E-state index in [0.717, 1.165) is 21.5 Å². The summed E-state index contributed by atoms with van der Waals surface area (Å²) in [6, 6.07) is 7.40. The molecule has 0 saturated heterocycles. The molecule has 2 nitrogen and oxygen atoms in total. The zero-order valence-corrected chi connectivity index (χ0v) is 13.6. The minimum atomic E-state index is -4.30. The average molecular weight is 354 g/mol. The van der Waals surface area contributed by atoms with Crippen LogP contribution >= 0.6 is 22.7 Å². The van der Waals surface area contributed by atoms with Gasteiger partial charge in [0.15, 0.2) is 0 Å². The quantitative estimate of drug-likeness (QED) is 0.683. The molecule has 0 aliphatic heterocycles. The largest absolute Gasteiger partial charge is 0.416 e. The summed E-state index contributed by atoms with van der Waals surface area (Å²) in [6.45, 7) is 0.905. The highest BCUT2D eigenvalue weighted by atomic mass is 32.1. The normalized spacial score (nSPS) is 11.8. The summed E-state index contributed by atoms with van der Waals surface area (Å²) in [5.74, 6) is 0. The van der Waals surface area contributed by atoms with Gasteiger partial charge in [-0.25, -0.2) is 4.98 Å². The summed E-state index contributed by atoms with van der Waals surface area (Å²) >= 11 is 3.22. The highest BCUT2D eigenvalue weighted by Gasteiger charge is 2.30. The number of thiazole rings is 1. The number of thiophene rings is 1. The van der Waals surface area contributed by atoms with Crippen molar-refractivity contribution in [2.24, 2.45) is 0 Å². The molecule has 23 heavy (non-hydrogen) atoms. The van der Waals surface area contributed by atoms with Crippen LogP contribution in [-0.2, 0) is 19.3 Å². The Labute approximate surface area is 139 Å². The lowest BCUT2D eigenvalue weighted by molar-refractivity contribution is -0.137. The van der Waals surface area contributed by atoms with Crippen molar-refractivity contribution >= 4 is 22.7 Å². The molecule has 0 saturated carbocycles. The van der Waals surface area contributed by atoms with Crippen molar-refractivity contribution in [3.63, 3.8) is 0 Å². The van der Waals surface area contributed by atoms with E-state index in [1.54, 1.807) is 28.7 Å². The maximum absolute atomic E-state index is 12.7. The molecule has 0 spiro atoms. The molecule has 0 radical (unpaired) electrons. The highest BCUT2D eigenvalue weighted by molar-refractivity contribution is 7.15. The molecule has 0 amide bonds. The lowest BCUT2D eigenvalue weighted by Gasteiger charge is -2.09. The van der Waals surface area contributed by atoms with Crippen LogP contribution in [-0.4, -0.2) is 4.98 Å². The molecule has 0 atom stereocenters. The average Bonchev–Trinajstić information content (AvgIpc) is 3.18. The Morgan fingerprint density at radius 1 is 1.13 bits per heavy atom. The van der Waals surface area contributed by atoms with Gasteiger partial charge in [0, 0.05) is 24.8 Å². The number of nitrogens with zero attached hydrogens (tertiary/aromatic N) is 1. The number of hydrogen-bond acceptors (Lipinski definition) is 4. The number of halogens is 3. The molecule has 0 aliphatic rings. The maximum atomic E-state index is 12.7. The van der Waals surface area contributed by atoms with Gasteiger partial charge in [0.25, 0.3) is 0 Å². The Balaban J connectivity index is 1.58. The van der Waals surface area contributed by atoms with Crippen LogP contribution in [0.25, 0.3) is 10.4 Å². The van der Waals surface area contributed by atoms with Gasteiger partial charge < -0.3 is 5.32 Å². The molecule has 0 aliphatic carbocycles. The van der Waals surface area contributed by atoms with Crippen LogP contribution in [0, 0.1) is 0 Å². The van der Waals surface area contributed by atoms with E-state index in [1.165, 1.54) is 12.1 Å². The number of rotatable bonds is 5. The fourth-order valence-electron chi connectivity index (χ4n) is 2.10. The zero-order chi connectivity index (χ0) is 16.3. The van der Waals surface area contributed by atoms with E-state index < -0.39 is 11.7 Å². The molecule has 0 bridgehead atoms. The van der Waals surface area contributed by atoms with Gasteiger partial charge in [-0.1, -0.05) is 18.2 Å². The molecule has 120 valence electrons. The third kappa shape index (κ3) is 4.19. The van der Waals surface area contributed by atoms with Gasteiger partial charge in [-0.05, 0) is 28.5 Å². The van der Waals surface area contributed by atoms with Crippen LogP contribution in [0.15, 0.2) is 47.3 Å². The predicted molar refractivity (Wildman–Crippen MR) is 87.4 cm³/mol. The van der Waals surface area contributed by atoms with Crippen molar-refractivity contribution in [2.45, 2.75) is 19.3 Å². The van der Waals surface area contributed by atoms with Crippen LogP contribution in [0.4, 0.5) is 13.2 Å². The van der Waals surface area contributed by atoms with Crippen molar-refractivity contribution < 1.29 is 13.2 Å². The SMILES string of the molecule is FC(F)(F)c1cccc(CNCc2ncc(-c3ccsc3)s2)c1. The van der Waals surface area contributed by atoms with Crippen LogP contribution in [0.5, 0.6) is 0 Å². The molecule has 3 aromatic rings. The van der Waals surface area contributed by atoms with E-state index in [9.17, 15) is 13.2 Å². The maximum Gasteiger partial charge on any atom is 0.416 e. The molecule has 2 aromatic heterocycles. The predicted octanol–water partition coefficient (Wildman–Crippen LogP) is 5.18. The fraction of sp³-hybridized carbons (Fsp3) is 0.188. The lowest BCUT2D eigenvalue weighted by Crippen LogP contribution is -2.13. The van der Waals surface area contributed by atoms with Crippen molar-refractivity contribution in [3.05, 3.63) is 63.4 Å². The van der Waals surface area contributed by atoms with Crippen LogP contribution in [0.3, 0.4) is 0 Å². The van der Waals surface area contributed by atoms with Crippen LogP contribution in [0.2, 0.25) is 0 Å². The van der Waals surface area contributed by atoms with E-state index >= 15 is 0 Å². The summed E-state index contributed by atoms with van der Waals surface area (Å²) in [4.78, 5) is 5.44. The molecule has 3 rings (SSSR count). The number of alkyl halides is 3. The molecule has 1 N–H and O–H groups in total. The molecule has 0 unspecified atom stereocenters. The number of aromatic nitrogens is 1. The lowest BCUT2D eigenvalue weighted by atomic mass is 10.1. The summed E-state index contributed by atoms with van der Waals surface area (Å²) in [5, 5.41) is 8.13. The Hall–Kier alpha value is -1.70. The minimum Gasteiger partial charge on any atom is -0.306 e. The molecule has 1 aromatic carbocycles. The van der Waals surface area contributed by atoms with Crippen molar-refractivity contribution in [1.82, 2.24) is 10.3 Å². The molecule has 7 heteroatoms. The van der Waals surface area contributed by atoms with Crippen molar-refractivity contribution in [3.8, 4) is 10.4 Å². The first-order valence-corrected chi connectivity index (χ1v) is 8.62.